The molecule has 1 aliphatic heterocycles. The number of hydrogen-bond acceptors (Lipinski definition) is 4. The SMILES string of the molecule is O=C(O)C(Cc1ccccc1)N1C(=O)/C(=C\c2ccc(-c3ccc(Br)c(Cl)c3)s2)NC1=S. The van der Waals surface area contributed by atoms with Gasteiger partial charge < -0.3 is 10.4 Å². The van der Waals surface area contributed by atoms with E-state index >= 15 is 0 Å². The summed E-state index contributed by atoms with van der Waals surface area (Å²) in [6, 6.07) is 17.6. The van der Waals surface area contributed by atoms with E-state index in [-0.39, 0.29) is 17.2 Å². The minimum Gasteiger partial charge on any atom is -0.480 e. The zero-order chi connectivity index (χ0) is 22.8. The number of carboxylic acid groups (broad SMARTS) is 1. The van der Waals surface area contributed by atoms with E-state index in [0.717, 1.165) is 30.3 Å². The lowest BCUT2D eigenvalue weighted by molar-refractivity contribution is -0.145. The van der Waals surface area contributed by atoms with Crippen molar-refractivity contribution in [2.45, 2.75) is 12.5 Å². The number of nitrogens with one attached hydrogen (secondary N) is 1. The predicted molar refractivity (Wildman–Crippen MR) is 135 cm³/mol. The molecule has 0 bridgehead atoms. The minimum atomic E-state index is -1.11. The second-order valence-corrected chi connectivity index (χ2v) is 9.80. The fraction of sp³-hybridized carbons (Fsp3) is 0.0870. The molecule has 0 radical (unpaired) electrons. The first-order chi connectivity index (χ1) is 15.3. The Morgan fingerprint density at radius 1 is 1.22 bits per heavy atom. The van der Waals surface area contributed by atoms with Gasteiger partial charge in [0.05, 0.1) is 5.02 Å². The van der Waals surface area contributed by atoms with Crippen LogP contribution in [0.25, 0.3) is 16.5 Å². The highest BCUT2D eigenvalue weighted by atomic mass is 79.9. The lowest BCUT2D eigenvalue weighted by atomic mass is 10.0. The van der Waals surface area contributed by atoms with E-state index in [1.54, 1.807) is 6.08 Å². The van der Waals surface area contributed by atoms with E-state index in [1.165, 1.54) is 11.3 Å². The molecule has 2 N–H and O–H groups in total. The van der Waals surface area contributed by atoms with Crippen molar-refractivity contribution in [3.63, 3.8) is 0 Å². The Labute approximate surface area is 207 Å². The largest absolute Gasteiger partial charge is 0.480 e. The Kier molecular flexibility index (Phi) is 6.76. The van der Waals surface area contributed by atoms with Gasteiger partial charge in [0.1, 0.15) is 11.7 Å². The van der Waals surface area contributed by atoms with Crippen LogP contribution in [0.3, 0.4) is 0 Å². The maximum Gasteiger partial charge on any atom is 0.327 e. The third-order valence-electron chi connectivity index (χ3n) is 4.90. The summed E-state index contributed by atoms with van der Waals surface area (Å²) in [5, 5.41) is 13.3. The number of benzene rings is 2. The summed E-state index contributed by atoms with van der Waals surface area (Å²) in [4.78, 5) is 27.9. The van der Waals surface area contributed by atoms with Crippen molar-refractivity contribution in [1.29, 1.82) is 0 Å². The molecule has 5 nitrogen and oxygen atoms in total. The summed E-state index contributed by atoms with van der Waals surface area (Å²) in [6.45, 7) is 0. The van der Waals surface area contributed by atoms with Gasteiger partial charge in [-0.1, -0.05) is 48.0 Å². The van der Waals surface area contributed by atoms with E-state index in [0.29, 0.717) is 5.02 Å². The molecule has 162 valence electrons. The average molecular weight is 548 g/mol. The number of carboxylic acids is 1. The third-order valence-corrected chi connectivity index (χ3v) is 7.51. The first-order valence-electron chi connectivity index (χ1n) is 9.51. The Hall–Kier alpha value is -2.52. The number of carbonyl (C=O) groups excluding carboxylic acids is 1. The number of aliphatic carboxylic acids is 1. The van der Waals surface area contributed by atoms with Gasteiger partial charge in [0.15, 0.2) is 5.11 Å². The predicted octanol–water partition coefficient (Wildman–Crippen LogP) is 5.58. The van der Waals surface area contributed by atoms with Gasteiger partial charge in [0.2, 0.25) is 0 Å². The number of hydrogen-bond donors (Lipinski definition) is 2. The van der Waals surface area contributed by atoms with Crippen LogP contribution in [0.2, 0.25) is 5.02 Å². The molecule has 3 aromatic rings. The highest BCUT2D eigenvalue weighted by Crippen LogP contribution is 2.34. The maximum absolute atomic E-state index is 13.0. The fourth-order valence-corrected chi connectivity index (χ4v) is 5.03. The van der Waals surface area contributed by atoms with Crippen LogP contribution in [0.1, 0.15) is 10.4 Å². The molecule has 1 aliphatic rings. The van der Waals surface area contributed by atoms with E-state index in [4.69, 9.17) is 23.8 Å². The molecule has 1 fully saturated rings. The normalized spacial score (nSPS) is 15.8. The molecule has 32 heavy (non-hydrogen) atoms. The number of thiophene rings is 1. The van der Waals surface area contributed by atoms with Gasteiger partial charge in [-0.05, 0) is 69.6 Å². The fourth-order valence-electron chi connectivity index (χ4n) is 3.34. The molecular weight excluding hydrogens is 532 g/mol. The first kappa shape index (κ1) is 22.7. The van der Waals surface area contributed by atoms with Crippen molar-refractivity contribution >= 4 is 74.2 Å². The van der Waals surface area contributed by atoms with Crippen molar-refractivity contribution in [2.75, 3.05) is 0 Å². The van der Waals surface area contributed by atoms with Crippen LogP contribution in [0, 0.1) is 0 Å². The molecule has 1 amide bonds. The Balaban J connectivity index is 1.57. The Morgan fingerprint density at radius 2 is 1.97 bits per heavy atom. The van der Waals surface area contributed by atoms with E-state index in [9.17, 15) is 14.7 Å². The molecule has 1 atom stereocenters. The molecule has 2 aromatic carbocycles. The highest BCUT2D eigenvalue weighted by Gasteiger charge is 2.39. The standard InChI is InChI=1S/C23H16BrClN2O3S2/c24-16-8-6-14(11-17(16)25)20-9-7-15(32-20)12-18-21(28)27(23(31)26-18)19(22(29)30)10-13-4-2-1-3-5-13/h1-9,11-12,19H,10H2,(H,26,31)(H,29,30)/b18-12+. The summed E-state index contributed by atoms with van der Waals surface area (Å²) in [7, 11) is 0. The highest BCUT2D eigenvalue weighted by molar-refractivity contribution is 9.10. The van der Waals surface area contributed by atoms with Crippen molar-refractivity contribution in [3.8, 4) is 10.4 Å². The lowest BCUT2D eigenvalue weighted by Gasteiger charge is -2.22. The van der Waals surface area contributed by atoms with Gasteiger partial charge in [-0.25, -0.2) is 4.79 Å². The zero-order valence-corrected chi connectivity index (χ0v) is 20.4. The lowest BCUT2D eigenvalue weighted by Crippen LogP contribution is -2.46. The first-order valence-corrected chi connectivity index (χ1v) is 11.9. The molecular formula is C23H16BrClN2O3S2. The summed E-state index contributed by atoms with van der Waals surface area (Å²) in [6.07, 6.45) is 1.84. The van der Waals surface area contributed by atoms with E-state index in [1.807, 2.05) is 60.7 Å². The molecule has 0 spiro atoms. The second-order valence-electron chi connectivity index (χ2n) is 7.04. The van der Waals surface area contributed by atoms with E-state index in [2.05, 4.69) is 21.2 Å². The summed E-state index contributed by atoms with van der Waals surface area (Å²) < 4.78 is 0.819. The van der Waals surface area contributed by atoms with Crippen molar-refractivity contribution in [2.24, 2.45) is 0 Å². The summed E-state index contributed by atoms with van der Waals surface area (Å²) >= 11 is 16.4. The second kappa shape index (κ2) is 9.54. The topological polar surface area (TPSA) is 69.6 Å². The minimum absolute atomic E-state index is 0.0843. The van der Waals surface area contributed by atoms with Crippen molar-refractivity contribution in [3.05, 3.63) is 86.3 Å². The van der Waals surface area contributed by atoms with Crippen LogP contribution in [0.15, 0.2) is 70.8 Å². The number of nitrogens with zero attached hydrogens (tertiary/aromatic N) is 1. The van der Waals surface area contributed by atoms with Crippen LogP contribution in [0.4, 0.5) is 0 Å². The molecule has 1 aromatic heterocycles. The Morgan fingerprint density at radius 3 is 2.66 bits per heavy atom. The van der Waals surface area contributed by atoms with Crippen LogP contribution in [0.5, 0.6) is 0 Å². The molecule has 9 heteroatoms. The van der Waals surface area contributed by atoms with Gasteiger partial charge in [-0.2, -0.15) is 0 Å². The molecule has 0 saturated carbocycles. The number of thiocarbonyl (C=S) groups is 1. The van der Waals surface area contributed by atoms with Gasteiger partial charge in [0, 0.05) is 20.6 Å². The maximum atomic E-state index is 13.0. The average Bonchev–Trinajstić information content (AvgIpc) is 3.34. The monoisotopic (exact) mass is 546 g/mol. The van der Waals surface area contributed by atoms with Crippen LogP contribution < -0.4 is 5.32 Å². The molecule has 4 rings (SSSR count). The molecule has 0 aliphatic carbocycles. The van der Waals surface area contributed by atoms with Gasteiger partial charge >= 0.3 is 5.97 Å². The van der Waals surface area contributed by atoms with Gasteiger partial charge in [-0.15, -0.1) is 11.3 Å². The summed E-state index contributed by atoms with van der Waals surface area (Å²) in [5.74, 6) is -1.57. The summed E-state index contributed by atoms with van der Waals surface area (Å²) in [5.41, 5.74) is 2.02. The molecule has 1 saturated heterocycles. The van der Waals surface area contributed by atoms with Crippen LogP contribution in [-0.4, -0.2) is 33.0 Å². The number of amides is 1. The van der Waals surface area contributed by atoms with Gasteiger partial charge in [-0.3, -0.25) is 9.69 Å². The molecule has 1 unspecified atom stereocenters. The quantitative estimate of drug-likeness (QED) is 0.311. The van der Waals surface area contributed by atoms with Gasteiger partial charge in [0.25, 0.3) is 5.91 Å². The van der Waals surface area contributed by atoms with Crippen molar-refractivity contribution in [1.82, 2.24) is 10.2 Å². The zero-order valence-electron chi connectivity index (χ0n) is 16.4. The number of carbonyl (C=O) groups is 2. The van der Waals surface area contributed by atoms with Crippen LogP contribution in [-0.2, 0) is 16.0 Å². The Bertz CT molecular complexity index is 1240. The third kappa shape index (κ3) is 4.78. The van der Waals surface area contributed by atoms with E-state index < -0.39 is 17.9 Å². The molecule has 2 heterocycles. The number of rotatable bonds is 6. The van der Waals surface area contributed by atoms with Crippen LogP contribution >= 0.6 is 51.1 Å². The van der Waals surface area contributed by atoms with Crippen molar-refractivity contribution < 1.29 is 14.7 Å². The number of halogens is 2. The smallest absolute Gasteiger partial charge is 0.327 e.